The number of fused-ring (bicyclic) bond motifs is 1. The molecule has 31 heavy (non-hydrogen) atoms. The number of rotatable bonds is 6. The molecule has 3 fully saturated rings. The second-order valence-corrected chi connectivity index (χ2v) is 12.0. The molecule has 3 nitrogen and oxygen atoms in total. The number of hydrogen-bond donors (Lipinski definition) is 3. The van der Waals surface area contributed by atoms with E-state index >= 15 is 0 Å². The molecule has 3 aliphatic carbocycles. The summed E-state index contributed by atoms with van der Waals surface area (Å²) >= 11 is 0. The zero-order chi connectivity index (χ0) is 23.0. The van der Waals surface area contributed by atoms with E-state index in [1.54, 1.807) is 5.57 Å². The molecule has 0 heterocycles. The molecule has 0 aromatic rings. The summed E-state index contributed by atoms with van der Waals surface area (Å²) in [4.78, 5) is 0. The van der Waals surface area contributed by atoms with Crippen LogP contribution in [0.5, 0.6) is 0 Å². The molecule has 0 aliphatic heterocycles. The van der Waals surface area contributed by atoms with Gasteiger partial charge in [0.1, 0.15) is 0 Å². The van der Waals surface area contributed by atoms with Crippen LogP contribution in [0.1, 0.15) is 92.4 Å². The summed E-state index contributed by atoms with van der Waals surface area (Å²) in [6, 6.07) is -0.118. The Morgan fingerprint density at radius 2 is 1.94 bits per heavy atom. The molecule has 3 aliphatic rings. The molecule has 0 bridgehead atoms. The van der Waals surface area contributed by atoms with Crippen LogP contribution in [0.4, 0.5) is 0 Å². The Morgan fingerprint density at radius 3 is 2.58 bits per heavy atom. The first-order valence-corrected chi connectivity index (χ1v) is 12.7. The van der Waals surface area contributed by atoms with Gasteiger partial charge in [-0.3, -0.25) is 0 Å². The zero-order valence-electron chi connectivity index (χ0n) is 20.7. The number of allylic oxidation sites excluding steroid dienone is 3. The second kappa shape index (κ2) is 9.53. The van der Waals surface area contributed by atoms with Crippen molar-refractivity contribution in [1.29, 1.82) is 0 Å². The first-order chi connectivity index (χ1) is 14.4. The van der Waals surface area contributed by atoms with Crippen molar-refractivity contribution in [1.82, 2.24) is 0 Å². The van der Waals surface area contributed by atoms with Gasteiger partial charge in [-0.2, -0.15) is 0 Å². The molecular weight excluding hydrogens is 382 g/mol. The minimum atomic E-state index is -0.564. The van der Waals surface area contributed by atoms with Crippen molar-refractivity contribution >= 4 is 0 Å². The number of aliphatic hydroxyl groups excluding tert-OH is 1. The largest absolute Gasteiger partial charge is 0.390 e. The Balaban J connectivity index is 1.71. The summed E-state index contributed by atoms with van der Waals surface area (Å²) in [5.74, 6) is 2.78. The highest BCUT2D eigenvalue weighted by Gasteiger charge is 2.51. The Bertz CT molecular complexity index is 699. The number of aliphatic hydroxyl groups is 2. The highest BCUT2D eigenvalue weighted by atomic mass is 16.3. The van der Waals surface area contributed by atoms with Crippen LogP contribution in [0.25, 0.3) is 0 Å². The van der Waals surface area contributed by atoms with E-state index in [2.05, 4.69) is 39.5 Å². The van der Waals surface area contributed by atoms with E-state index in [4.69, 9.17) is 5.73 Å². The van der Waals surface area contributed by atoms with Gasteiger partial charge in [0.15, 0.2) is 0 Å². The minimum Gasteiger partial charge on any atom is -0.390 e. The first-order valence-electron chi connectivity index (χ1n) is 12.7. The molecule has 0 aromatic heterocycles. The van der Waals surface area contributed by atoms with Crippen molar-refractivity contribution in [2.75, 3.05) is 0 Å². The highest BCUT2D eigenvalue weighted by molar-refractivity contribution is 5.30. The monoisotopic (exact) mass is 429 g/mol. The van der Waals surface area contributed by atoms with Crippen molar-refractivity contribution in [3.05, 3.63) is 35.5 Å². The van der Waals surface area contributed by atoms with Crippen molar-refractivity contribution < 1.29 is 10.2 Å². The van der Waals surface area contributed by atoms with Gasteiger partial charge in [0, 0.05) is 6.04 Å². The Hall–Kier alpha value is -0.900. The van der Waals surface area contributed by atoms with E-state index in [0.29, 0.717) is 29.6 Å². The molecule has 176 valence electrons. The summed E-state index contributed by atoms with van der Waals surface area (Å²) < 4.78 is 0. The lowest BCUT2D eigenvalue weighted by Gasteiger charge is -2.45. The summed E-state index contributed by atoms with van der Waals surface area (Å²) in [5, 5.41) is 20.4. The van der Waals surface area contributed by atoms with Gasteiger partial charge < -0.3 is 15.9 Å². The van der Waals surface area contributed by atoms with Crippen LogP contribution in [-0.2, 0) is 0 Å². The molecule has 2 unspecified atom stereocenters. The standard InChI is InChI=1S/C28H47NO2/c1-18(13-15-27(4,5)31)19(2)23-11-12-24-22(8-7-14-28(23,24)6)10-9-21-16-25(29)20(3)26(30)17-21/h9-10,18-19,23-26,30-31H,3,7-8,11-17,29H2,1-2,4-6H3/b21-9+,22-10+/t18-,19-,23?,24?,25-,26-,28-/m1/s1. The molecule has 3 rings (SSSR count). The molecular formula is C28H47NO2. The van der Waals surface area contributed by atoms with Crippen LogP contribution in [0.2, 0.25) is 0 Å². The van der Waals surface area contributed by atoms with Gasteiger partial charge in [0.25, 0.3) is 0 Å². The van der Waals surface area contributed by atoms with Gasteiger partial charge in [-0.1, -0.05) is 50.6 Å². The van der Waals surface area contributed by atoms with E-state index in [9.17, 15) is 10.2 Å². The molecule has 0 amide bonds. The van der Waals surface area contributed by atoms with Gasteiger partial charge in [0.05, 0.1) is 11.7 Å². The molecule has 7 atom stereocenters. The maximum Gasteiger partial charge on any atom is 0.0799 e. The average molecular weight is 430 g/mol. The van der Waals surface area contributed by atoms with Crippen LogP contribution in [0, 0.1) is 29.1 Å². The van der Waals surface area contributed by atoms with Crippen LogP contribution in [-0.4, -0.2) is 28.0 Å². The fourth-order valence-corrected chi connectivity index (χ4v) is 6.87. The van der Waals surface area contributed by atoms with Gasteiger partial charge >= 0.3 is 0 Å². The molecule has 4 N–H and O–H groups in total. The topological polar surface area (TPSA) is 66.5 Å². The quantitative estimate of drug-likeness (QED) is 0.459. The van der Waals surface area contributed by atoms with Crippen LogP contribution >= 0.6 is 0 Å². The van der Waals surface area contributed by atoms with Gasteiger partial charge in [-0.15, -0.1) is 0 Å². The lowest BCUT2D eigenvalue weighted by molar-refractivity contribution is 0.0447. The zero-order valence-corrected chi connectivity index (χ0v) is 20.7. The summed E-state index contributed by atoms with van der Waals surface area (Å²) in [7, 11) is 0. The van der Waals surface area contributed by atoms with Crippen LogP contribution in [0.3, 0.4) is 0 Å². The third kappa shape index (κ3) is 5.54. The van der Waals surface area contributed by atoms with E-state index in [1.165, 1.54) is 37.7 Å². The molecule has 3 heteroatoms. The van der Waals surface area contributed by atoms with Gasteiger partial charge in [-0.05, 0) is 106 Å². The summed E-state index contributed by atoms with van der Waals surface area (Å²) in [6.45, 7) is 15.2. The van der Waals surface area contributed by atoms with Crippen molar-refractivity contribution in [3.8, 4) is 0 Å². The Kier molecular flexibility index (Phi) is 7.61. The summed E-state index contributed by atoms with van der Waals surface area (Å²) in [6.07, 6.45) is 14.1. The van der Waals surface area contributed by atoms with Crippen LogP contribution in [0.15, 0.2) is 35.5 Å². The predicted octanol–water partition coefficient (Wildman–Crippen LogP) is 5.92. The van der Waals surface area contributed by atoms with E-state index in [1.807, 2.05) is 13.8 Å². The van der Waals surface area contributed by atoms with E-state index in [0.717, 1.165) is 30.8 Å². The fraction of sp³-hybridized carbons (Fsp3) is 0.786. The molecule has 0 radical (unpaired) electrons. The van der Waals surface area contributed by atoms with Gasteiger partial charge in [-0.25, -0.2) is 0 Å². The first kappa shape index (κ1) is 24.7. The lowest BCUT2D eigenvalue weighted by atomic mass is 9.59. The highest BCUT2D eigenvalue weighted by Crippen LogP contribution is 2.60. The Morgan fingerprint density at radius 1 is 1.23 bits per heavy atom. The third-order valence-electron chi connectivity index (χ3n) is 9.16. The van der Waals surface area contributed by atoms with Crippen molar-refractivity contribution in [3.63, 3.8) is 0 Å². The average Bonchev–Trinajstić information content (AvgIpc) is 3.04. The Labute approximate surface area is 190 Å². The van der Waals surface area contributed by atoms with Crippen molar-refractivity contribution in [2.24, 2.45) is 34.8 Å². The smallest absolute Gasteiger partial charge is 0.0799 e. The maximum absolute atomic E-state index is 10.2. The normalized spacial score (nSPS) is 39.0. The predicted molar refractivity (Wildman–Crippen MR) is 131 cm³/mol. The third-order valence-corrected chi connectivity index (χ3v) is 9.16. The molecule has 0 spiro atoms. The molecule has 0 aromatic carbocycles. The summed E-state index contributed by atoms with van der Waals surface area (Å²) in [5.41, 5.74) is 9.65. The van der Waals surface area contributed by atoms with E-state index < -0.39 is 11.7 Å². The maximum atomic E-state index is 10.2. The molecule has 3 saturated carbocycles. The van der Waals surface area contributed by atoms with Crippen LogP contribution < -0.4 is 5.73 Å². The molecule has 0 saturated heterocycles. The SMILES string of the molecule is C=C1[C@H](N)C/C(=C\C=C2/CCC[C@@]3(C)C2CCC3[C@H](C)[C@H](C)CCC(C)(C)O)C[C@H]1O. The second-order valence-electron chi connectivity index (χ2n) is 12.0. The van der Waals surface area contributed by atoms with E-state index in [-0.39, 0.29) is 6.04 Å². The van der Waals surface area contributed by atoms with Gasteiger partial charge in [0.2, 0.25) is 0 Å². The lowest BCUT2D eigenvalue weighted by Crippen LogP contribution is -2.37. The number of hydrogen-bond acceptors (Lipinski definition) is 3. The minimum absolute atomic E-state index is 0.118. The number of nitrogens with two attached hydrogens (primary N) is 1. The van der Waals surface area contributed by atoms with Crippen molar-refractivity contribution in [2.45, 2.75) is 110 Å². The fourth-order valence-electron chi connectivity index (χ4n) is 6.87.